The quantitative estimate of drug-likeness (QED) is 0.196. The van der Waals surface area contributed by atoms with E-state index in [-0.39, 0.29) is 5.41 Å². The van der Waals surface area contributed by atoms with Crippen molar-refractivity contribution >= 4 is 59.3 Å². The first-order chi connectivity index (χ1) is 22.1. The van der Waals surface area contributed by atoms with Gasteiger partial charge in [0.25, 0.3) is 0 Å². The molecular weight excluding hydrogens is 563 g/mol. The van der Waals surface area contributed by atoms with Gasteiger partial charge in [0.15, 0.2) is 0 Å². The topological polar surface area (TPSA) is 3.24 Å². The van der Waals surface area contributed by atoms with Gasteiger partial charge in [-0.05, 0) is 86.6 Å². The fourth-order valence-corrected chi connectivity index (χ4v) is 8.72. The van der Waals surface area contributed by atoms with Crippen molar-refractivity contribution in [3.63, 3.8) is 0 Å². The van der Waals surface area contributed by atoms with Crippen molar-refractivity contribution in [1.29, 1.82) is 0 Å². The molecule has 9 rings (SSSR count). The molecule has 1 heterocycles. The maximum Gasteiger partial charge on any atom is 0.0468 e. The summed E-state index contributed by atoms with van der Waals surface area (Å²) < 4.78 is 2.69. The first kappa shape index (κ1) is 26.2. The second-order valence-corrected chi connectivity index (χ2v) is 13.6. The summed E-state index contributed by atoms with van der Waals surface area (Å²) >= 11 is 1.90. The Kier molecular flexibility index (Phi) is 5.78. The van der Waals surface area contributed by atoms with Crippen LogP contribution in [0.2, 0.25) is 0 Å². The van der Waals surface area contributed by atoms with Crippen molar-refractivity contribution in [1.82, 2.24) is 0 Å². The molecule has 0 saturated carbocycles. The summed E-state index contributed by atoms with van der Waals surface area (Å²) in [7, 11) is 0. The van der Waals surface area contributed by atoms with Crippen LogP contribution in [0.4, 0.5) is 17.1 Å². The summed E-state index contributed by atoms with van der Waals surface area (Å²) in [5, 5.41) is 5.30. The lowest BCUT2D eigenvalue weighted by Gasteiger charge is -2.27. The average Bonchev–Trinajstić information content (AvgIpc) is 3.59. The molecule has 7 aromatic carbocycles. The van der Waals surface area contributed by atoms with E-state index >= 15 is 0 Å². The van der Waals surface area contributed by atoms with Crippen LogP contribution in [-0.2, 0) is 5.41 Å². The van der Waals surface area contributed by atoms with Crippen LogP contribution in [0.15, 0.2) is 152 Å². The van der Waals surface area contributed by atoms with E-state index in [4.69, 9.17) is 0 Å². The minimum absolute atomic E-state index is 0.0111. The second-order valence-electron chi connectivity index (χ2n) is 12.6. The number of fused-ring (bicyclic) bond motifs is 8. The van der Waals surface area contributed by atoms with Gasteiger partial charge >= 0.3 is 0 Å². The van der Waals surface area contributed by atoms with Crippen LogP contribution in [0.5, 0.6) is 0 Å². The maximum atomic E-state index is 2.38. The lowest BCUT2D eigenvalue weighted by molar-refractivity contribution is 0.660. The van der Waals surface area contributed by atoms with E-state index in [9.17, 15) is 0 Å². The third-order valence-corrected chi connectivity index (χ3v) is 10.9. The van der Waals surface area contributed by atoms with E-state index < -0.39 is 0 Å². The molecule has 0 aliphatic heterocycles. The van der Waals surface area contributed by atoms with Crippen LogP contribution in [0, 0.1) is 0 Å². The van der Waals surface area contributed by atoms with Gasteiger partial charge in [0.2, 0.25) is 0 Å². The molecule has 0 atom stereocenters. The third kappa shape index (κ3) is 3.99. The Hall–Kier alpha value is -5.18. The van der Waals surface area contributed by atoms with Crippen LogP contribution >= 0.6 is 11.3 Å². The van der Waals surface area contributed by atoms with E-state index in [1.807, 2.05) is 11.3 Å². The van der Waals surface area contributed by atoms with Crippen LogP contribution in [-0.4, -0.2) is 0 Å². The first-order valence-corrected chi connectivity index (χ1v) is 16.4. The number of thiophene rings is 1. The number of nitrogens with zero attached hydrogens (tertiary/aromatic N) is 1. The van der Waals surface area contributed by atoms with Gasteiger partial charge in [0.05, 0.1) is 0 Å². The molecule has 1 aliphatic carbocycles. The Morgan fingerprint density at radius 2 is 1.18 bits per heavy atom. The molecule has 0 spiro atoms. The maximum absolute atomic E-state index is 2.38. The molecule has 2 heteroatoms. The van der Waals surface area contributed by atoms with Gasteiger partial charge in [0, 0.05) is 42.6 Å². The Labute approximate surface area is 267 Å². The summed E-state index contributed by atoms with van der Waals surface area (Å²) in [5.74, 6) is 0. The molecule has 0 amide bonds. The van der Waals surface area contributed by atoms with Gasteiger partial charge < -0.3 is 4.90 Å². The Bertz CT molecular complexity index is 2400. The summed E-state index contributed by atoms with van der Waals surface area (Å²) in [5.41, 5.74) is 11.4. The highest BCUT2D eigenvalue weighted by Gasteiger charge is 2.35. The van der Waals surface area contributed by atoms with Crippen LogP contribution < -0.4 is 4.90 Å². The molecule has 0 bridgehead atoms. The predicted octanol–water partition coefficient (Wildman–Crippen LogP) is 12.7. The van der Waals surface area contributed by atoms with Gasteiger partial charge in [0.1, 0.15) is 0 Å². The number of rotatable bonds is 4. The lowest BCUT2D eigenvalue weighted by Crippen LogP contribution is -2.15. The number of para-hydroxylation sites is 1. The monoisotopic (exact) mass is 593 g/mol. The lowest BCUT2D eigenvalue weighted by atomic mass is 9.82. The normalized spacial score (nSPS) is 13.3. The molecule has 0 radical (unpaired) electrons. The fourth-order valence-electron chi connectivity index (χ4n) is 7.46. The van der Waals surface area contributed by atoms with E-state index in [1.54, 1.807) is 0 Å². The summed E-state index contributed by atoms with van der Waals surface area (Å²) in [6.45, 7) is 4.68. The van der Waals surface area contributed by atoms with E-state index in [2.05, 4.69) is 170 Å². The molecule has 0 fully saturated rings. The SMILES string of the molecule is CC1(C)c2ccccc2-c2cc(N(c3ccccc3)c3ccc(-c4cccc5sc6c7ccccc7ccc6c45)cc3)ccc21. The van der Waals surface area contributed by atoms with Gasteiger partial charge in [-0.1, -0.05) is 123 Å². The molecule has 1 aliphatic rings. The first-order valence-electron chi connectivity index (χ1n) is 15.6. The molecular formula is C43H31NS. The fraction of sp³-hybridized carbons (Fsp3) is 0.0698. The minimum Gasteiger partial charge on any atom is -0.310 e. The smallest absolute Gasteiger partial charge is 0.0468 e. The number of hydrogen-bond acceptors (Lipinski definition) is 2. The highest BCUT2D eigenvalue weighted by molar-refractivity contribution is 7.26. The Morgan fingerprint density at radius 3 is 2.04 bits per heavy atom. The zero-order valence-corrected chi connectivity index (χ0v) is 26.1. The van der Waals surface area contributed by atoms with Gasteiger partial charge in [-0.15, -0.1) is 11.3 Å². The highest BCUT2D eigenvalue weighted by Crippen LogP contribution is 2.51. The summed E-state index contributed by atoms with van der Waals surface area (Å²) in [6.07, 6.45) is 0. The number of hydrogen-bond donors (Lipinski definition) is 0. The number of anilines is 3. The Balaban J connectivity index is 1.17. The van der Waals surface area contributed by atoms with Crippen LogP contribution in [0.25, 0.3) is 53.2 Å². The van der Waals surface area contributed by atoms with Gasteiger partial charge in [-0.25, -0.2) is 0 Å². The molecule has 0 saturated heterocycles. The van der Waals surface area contributed by atoms with Gasteiger partial charge in [-0.3, -0.25) is 0 Å². The summed E-state index contributed by atoms with van der Waals surface area (Å²) in [4.78, 5) is 2.38. The molecule has 45 heavy (non-hydrogen) atoms. The van der Waals surface area contributed by atoms with Crippen LogP contribution in [0.3, 0.4) is 0 Å². The minimum atomic E-state index is -0.0111. The predicted molar refractivity (Wildman–Crippen MR) is 195 cm³/mol. The average molecular weight is 594 g/mol. The highest BCUT2D eigenvalue weighted by atomic mass is 32.1. The van der Waals surface area contributed by atoms with Gasteiger partial charge in [-0.2, -0.15) is 0 Å². The molecule has 214 valence electrons. The third-order valence-electron chi connectivity index (χ3n) is 9.66. The van der Waals surface area contributed by atoms with Crippen molar-refractivity contribution in [2.75, 3.05) is 4.90 Å². The van der Waals surface area contributed by atoms with Crippen molar-refractivity contribution in [3.8, 4) is 22.3 Å². The largest absolute Gasteiger partial charge is 0.310 e. The van der Waals surface area contributed by atoms with Crippen LogP contribution in [0.1, 0.15) is 25.0 Å². The standard InChI is InChI=1S/C43H31NS/c1-43(2)38-17-9-8-15-35(38)37-27-32(24-26-39(37)43)44(30-12-4-3-5-13-30)31-22-19-29(20-23-31)33-16-10-18-40-41(33)36-25-21-28-11-6-7-14-34(28)42(36)45-40/h3-27H,1-2H3. The molecule has 0 N–H and O–H groups in total. The zero-order valence-electron chi connectivity index (χ0n) is 25.3. The zero-order chi connectivity index (χ0) is 30.1. The van der Waals surface area contributed by atoms with Crippen molar-refractivity contribution in [3.05, 3.63) is 163 Å². The van der Waals surface area contributed by atoms with Crippen molar-refractivity contribution < 1.29 is 0 Å². The summed E-state index contributed by atoms with van der Waals surface area (Å²) in [6, 6.07) is 55.7. The molecule has 8 aromatic rings. The number of benzene rings is 7. The van der Waals surface area contributed by atoms with Crippen molar-refractivity contribution in [2.45, 2.75) is 19.3 Å². The Morgan fingerprint density at radius 1 is 0.489 bits per heavy atom. The molecule has 1 nitrogen and oxygen atoms in total. The molecule has 0 unspecified atom stereocenters. The van der Waals surface area contributed by atoms with E-state index in [1.165, 1.54) is 64.3 Å². The van der Waals surface area contributed by atoms with E-state index in [0.717, 1.165) is 17.1 Å². The van der Waals surface area contributed by atoms with Crippen molar-refractivity contribution in [2.24, 2.45) is 0 Å². The molecule has 1 aromatic heterocycles. The second kappa shape index (κ2) is 9.92. The van der Waals surface area contributed by atoms with E-state index in [0.29, 0.717) is 0 Å².